The molecule has 0 spiro atoms. The van der Waals surface area contributed by atoms with E-state index >= 15 is 0 Å². The maximum atomic E-state index is 13.1. The molecule has 2 aromatic rings. The SMILES string of the molecule is CNCc1cc(-c2ccc(F)c(F)c2)n(C)n1. The van der Waals surface area contributed by atoms with Crippen molar-refractivity contribution in [3.05, 3.63) is 41.6 Å². The average molecular weight is 237 g/mol. The fourth-order valence-electron chi connectivity index (χ4n) is 1.72. The van der Waals surface area contributed by atoms with Crippen molar-refractivity contribution >= 4 is 0 Å². The van der Waals surface area contributed by atoms with Crippen molar-refractivity contribution < 1.29 is 8.78 Å². The standard InChI is InChI=1S/C12H13F2N3/c1-15-7-9-6-12(17(2)16-9)8-3-4-10(13)11(14)5-8/h3-6,15H,7H2,1-2H3. The molecule has 1 N–H and O–H groups in total. The summed E-state index contributed by atoms with van der Waals surface area (Å²) in [4.78, 5) is 0. The lowest BCUT2D eigenvalue weighted by Gasteiger charge is -2.02. The summed E-state index contributed by atoms with van der Waals surface area (Å²) in [5, 5.41) is 7.25. The normalized spacial score (nSPS) is 10.8. The highest BCUT2D eigenvalue weighted by atomic mass is 19.2. The minimum atomic E-state index is -0.848. The van der Waals surface area contributed by atoms with Gasteiger partial charge in [-0.3, -0.25) is 4.68 Å². The summed E-state index contributed by atoms with van der Waals surface area (Å²) < 4.78 is 27.6. The molecule has 0 atom stereocenters. The molecule has 0 aliphatic carbocycles. The predicted octanol–water partition coefficient (Wildman–Crippen LogP) is 2.08. The third-order valence-electron chi connectivity index (χ3n) is 2.50. The minimum Gasteiger partial charge on any atom is -0.314 e. The molecule has 17 heavy (non-hydrogen) atoms. The highest BCUT2D eigenvalue weighted by Gasteiger charge is 2.09. The quantitative estimate of drug-likeness (QED) is 0.885. The van der Waals surface area contributed by atoms with Crippen LogP contribution in [0.4, 0.5) is 8.78 Å². The number of hydrogen-bond acceptors (Lipinski definition) is 2. The fourth-order valence-corrected chi connectivity index (χ4v) is 1.72. The minimum absolute atomic E-state index is 0.612. The van der Waals surface area contributed by atoms with Crippen LogP contribution >= 0.6 is 0 Å². The van der Waals surface area contributed by atoms with E-state index in [0.717, 1.165) is 17.5 Å². The van der Waals surface area contributed by atoms with Crippen LogP contribution in [0.25, 0.3) is 11.3 Å². The second kappa shape index (κ2) is 4.63. The fraction of sp³-hybridized carbons (Fsp3) is 0.250. The van der Waals surface area contributed by atoms with E-state index in [0.29, 0.717) is 12.1 Å². The Morgan fingerprint density at radius 3 is 2.65 bits per heavy atom. The molecule has 1 aromatic heterocycles. The van der Waals surface area contributed by atoms with Crippen molar-refractivity contribution in [2.45, 2.75) is 6.54 Å². The Hall–Kier alpha value is -1.75. The van der Waals surface area contributed by atoms with Crippen molar-refractivity contribution in [2.75, 3.05) is 7.05 Å². The van der Waals surface area contributed by atoms with Crippen LogP contribution in [0.5, 0.6) is 0 Å². The van der Waals surface area contributed by atoms with E-state index < -0.39 is 11.6 Å². The van der Waals surface area contributed by atoms with Gasteiger partial charge in [-0.1, -0.05) is 0 Å². The molecule has 0 radical (unpaired) electrons. The lowest BCUT2D eigenvalue weighted by atomic mass is 10.1. The Labute approximate surface area is 98.1 Å². The third kappa shape index (κ3) is 2.34. The van der Waals surface area contributed by atoms with Gasteiger partial charge in [-0.2, -0.15) is 5.10 Å². The van der Waals surface area contributed by atoms with Gasteiger partial charge in [-0.15, -0.1) is 0 Å². The van der Waals surface area contributed by atoms with Crippen LogP contribution in [0.1, 0.15) is 5.69 Å². The molecule has 0 saturated heterocycles. The topological polar surface area (TPSA) is 29.9 Å². The molecule has 0 fully saturated rings. The molecule has 0 aliphatic rings. The lowest BCUT2D eigenvalue weighted by Crippen LogP contribution is -2.05. The van der Waals surface area contributed by atoms with Crippen LogP contribution in [-0.4, -0.2) is 16.8 Å². The van der Waals surface area contributed by atoms with Gasteiger partial charge in [-0.05, 0) is 31.3 Å². The van der Waals surface area contributed by atoms with Crippen LogP contribution in [0.3, 0.4) is 0 Å². The maximum absolute atomic E-state index is 13.1. The first-order chi connectivity index (χ1) is 8.11. The molecule has 2 rings (SSSR count). The second-order valence-electron chi connectivity index (χ2n) is 3.80. The third-order valence-corrected chi connectivity index (χ3v) is 2.50. The Morgan fingerprint density at radius 2 is 2.00 bits per heavy atom. The number of hydrogen-bond donors (Lipinski definition) is 1. The van der Waals surface area contributed by atoms with Crippen molar-refractivity contribution in [2.24, 2.45) is 7.05 Å². The van der Waals surface area contributed by atoms with Gasteiger partial charge in [0.15, 0.2) is 11.6 Å². The number of halogens is 2. The van der Waals surface area contributed by atoms with E-state index in [4.69, 9.17) is 0 Å². The van der Waals surface area contributed by atoms with Gasteiger partial charge in [0.1, 0.15) is 0 Å². The van der Waals surface area contributed by atoms with E-state index in [1.807, 2.05) is 13.1 Å². The zero-order valence-electron chi connectivity index (χ0n) is 9.67. The Bertz CT molecular complexity index is 535. The lowest BCUT2D eigenvalue weighted by molar-refractivity contribution is 0.509. The molecule has 0 aliphatic heterocycles. The predicted molar refractivity (Wildman–Crippen MR) is 61.3 cm³/mol. The maximum Gasteiger partial charge on any atom is 0.159 e. The Kier molecular flexibility index (Phi) is 3.19. The highest BCUT2D eigenvalue weighted by molar-refractivity contribution is 5.60. The van der Waals surface area contributed by atoms with Crippen molar-refractivity contribution in [1.29, 1.82) is 0 Å². The summed E-state index contributed by atoms with van der Waals surface area (Å²) in [6, 6.07) is 5.69. The molecule has 90 valence electrons. The van der Waals surface area contributed by atoms with Gasteiger partial charge in [0.25, 0.3) is 0 Å². The molecular weight excluding hydrogens is 224 g/mol. The van der Waals surface area contributed by atoms with Crippen LogP contribution in [-0.2, 0) is 13.6 Å². The number of benzene rings is 1. The highest BCUT2D eigenvalue weighted by Crippen LogP contribution is 2.21. The summed E-state index contributed by atoms with van der Waals surface area (Å²) in [5.74, 6) is -1.69. The van der Waals surface area contributed by atoms with Gasteiger partial charge in [0.05, 0.1) is 11.4 Å². The van der Waals surface area contributed by atoms with Crippen LogP contribution in [0.15, 0.2) is 24.3 Å². The second-order valence-corrected chi connectivity index (χ2v) is 3.80. The summed E-state index contributed by atoms with van der Waals surface area (Å²) in [6.07, 6.45) is 0. The van der Waals surface area contributed by atoms with E-state index in [1.165, 1.54) is 6.07 Å². The summed E-state index contributed by atoms with van der Waals surface area (Å²) in [6.45, 7) is 0.636. The number of aryl methyl sites for hydroxylation is 1. The number of rotatable bonds is 3. The van der Waals surface area contributed by atoms with Crippen LogP contribution in [0, 0.1) is 11.6 Å². The molecule has 0 unspecified atom stereocenters. The Morgan fingerprint density at radius 1 is 1.24 bits per heavy atom. The first kappa shape index (κ1) is 11.7. The van der Waals surface area contributed by atoms with Crippen LogP contribution < -0.4 is 5.32 Å². The van der Waals surface area contributed by atoms with Gasteiger partial charge in [0.2, 0.25) is 0 Å². The molecule has 1 aromatic carbocycles. The van der Waals surface area contributed by atoms with E-state index in [9.17, 15) is 8.78 Å². The monoisotopic (exact) mass is 237 g/mol. The summed E-state index contributed by atoms with van der Waals surface area (Å²) >= 11 is 0. The van der Waals surface area contributed by atoms with Crippen molar-refractivity contribution in [1.82, 2.24) is 15.1 Å². The van der Waals surface area contributed by atoms with Gasteiger partial charge >= 0.3 is 0 Å². The molecule has 5 heteroatoms. The number of aromatic nitrogens is 2. The Balaban J connectivity index is 2.41. The summed E-state index contributed by atoms with van der Waals surface area (Å²) in [5.41, 5.74) is 2.23. The smallest absolute Gasteiger partial charge is 0.159 e. The summed E-state index contributed by atoms with van der Waals surface area (Å²) in [7, 11) is 3.60. The van der Waals surface area contributed by atoms with Gasteiger partial charge in [0, 0.05) is 19.2 Å². The molecule has 0 bridgehead atoms. The average Bonchev–Trinajstić information content (AvgIpc) is 2.64. The number of nitrogens with one attached hydrogen (secondary N) is 1. The first-order valence-corrected chi connectivity index (χ1v) is 5.24. The van der Waals surface area contributed by atoms with Crippen LogP contribution in [0.2, 0.25) is 0 Å². The van der Waals surface area contributed by atoms with E-state index in [-0.39, 0.29) is 0 Å². The van der Waals surface area contributed by atoms with Gasteiger partial charge < -0.3 is 5.32 Å². The number of nitrogens with zero attached hydrogens (tertiary/aromatic N) is 2. The van der Waals surface area contributed by atoms with Crippen molar-refractivity contribution in [3.8, 4) is 11.3 Å². The van der Waals surface area contributed by atoms with Crippen molar-refractivity contribution in [3.63, 3.8) is 0 Å². The van der Waals surface area contributed by atoms with E-state index in [2.05, 4.69) is 10.4 Å². The molecule has 0 saturated carbocycles. The molecule has 0 amide bonds. The zero-order valence-corrected chi connectivity index (χ0v) is 9.67. The van der Waals surface area contributed by atoms with E-state index in [1.54, 1.807) is 17.8 Å². The van der Waals surface area contributed by atoms with Gasteiger partial charge in [-0.25, -0.2) is 8.78 Å². The zero-order chi connectivity index (χ0) is 12.4. The molecule has 1 heterocycles. The molecular formula is C12H13F2N3. The largest absolute Gasteiger partial charge is 0.314 e. The molecule has 3 nitrogen and oxygen atoms in total. The first-order valence-electron chi connectivity index (χ1n) is 5.24.